The molecule has 0 bridgehead atoms. The molecule has 2 aromatic carbocycles. The molecule has 2 nitrogen and oxygen atoms in total. The SMILES string of the molecule is CC(C)NC(c1ccc(Cl)cc1)C(O)c1cccc(Cl)c1. The zero-order valence-corrected chi connectivity index (χ0v) is 13.6. The lowest BCUT2D eigenvalue weighted by Gasteiger charge is -2.27. The number of aliphatic hydroxyl groups is 1. The molecule has 0 amide bonds. The summed E-state index contributed by atoms with van der Waals surface area (Å²) in [5.74, 6) is 0. The smallest absolute Gasteiger partial charge is 0.0985 e. The average molecular weight is 324 g/mol. The zero-order chi connectivity index (χ0) is 15.4. The monoisotopic (exact) mass is 323 g/mol. The van der Waals surface area contributed by atoms with E-state index in [4.69, 9.17) is 23.2 Å². The molecule has 4 heteroatoms. The minimum absolute atomic E-state index is 0.222. The number of hydrogen-bond donors (Lipinski definition) is 2. The first-order chi connectivity index (χ1) is 9.97. The minimum atomic E-state index is -0.688. The number of benzene rings is 2. The molecule has 2 aromatic rings. The van der Waals surface area contributed by atoms with Gasteiger partial charge < -0.3 is 10.4 Å². The van der Waals surface area contributed by atoms with Gasteiger partial charge in [0.2, 0.25) is 0 Å². The van der Waals surface area contributed by atoms with Crippen molar-refractivity contribution in [1.82, 2.24) is 5.32 Å². The molecule has 0 saturated heterocycles. The molecule has 0 fully saturated rings. The average Bonchev–Trinajstić information content (AvgIpc) is 2.45. The first kappa shape index (κ1) is 16.3. The van der Waals surface area contributed by atoms with Crippen LogP contribution < -0.4 is 5.32 Å². The zero-order valence-electron chi connectivity index (χ0n) is 12.1. The summed E-state index contributed by atoms with van der Waals surface area (Å²) >= 11 is 12.0. The molecule has 0 aliphatic heterocycles. The number of aliphatic hydroxyl groups excluding tert-OH is 1. The van der Waals surface area contributed by atoms with Crippen LogP contribution in [0.2, 0.25) is 10.0 Å². The predicted octanol–water partition coefficient (Wildman–Crippen LogP) is 4.77. The quantitative estimate of drug-likeness (QED) is 0.830. The molecule has 2 rings (SSSR count). The fourth-order valence-electron chi connectivity index (χ4n) is 2.28. The van der Waals surface area contributed by atoms with Crippen LogP contribution >= 0.6 is 23.2 Å². The van der Waals surface area contributed by atoms with Gasteiger partial charge in [-0.3, -0.25) is 0 Å². The van der Waals surface area contributed by atoms with E-state index in [1.807, 2.05) is 50.2 Å². The van der Waals surface area contributed by atoms with Crippen LogP contribution in [0.15, 0.2) is 48.5 Å². The fourth-order valence-corrected chi connectivity index (χ4v) is 2.61. The Morgan fingerprint density at radius 3 is 2.14 bits per heavy atom. The molecule has 0 spiro atoms. The van der Waals surface area contributed by atoms with Crippen molar-refractivity contribution < 1.29 is 5.11 Å². The number of nitrogens with one attached hydrogen (secondary N) is 1. The molecular weight excluding hydrogens is 305 g/mol. The van der Waals surface area contributed by atoms with Gasteiger partial charge in [0.05, 0.1) is 12.1 Å². The second-order valence-electron chi connectivity index (χ2n) is 5.35. The first-order valence-corrected chi connectivity index (χ1v) is 7.68. The fraction of sp³-hybridized carbons (Fsp3) is 0.294. The Balaban J connectivity index is 2.33. The Labute approximate surface area is 135 Å². The second kappa shape index (κ2) is 7.28. The third kappa shape index (κ3) is 4.45. The summed E-state index contributed by atoms with van der Waals surface area (Å²) < 4.78 is 0. The Morgan fingerprint density at radius 2 is 1.57 bits per heavy atom. The van der Waals surface area contributed by atoms with Crippen LogP contribution in [0.4, 0.5) is 0 Å². The third-order valence-corrected chi connectivity index (χ3v) is 3.74. The van der Waals surface area contributed by atoms with Gasteiger partial charge in [0.1, 0.15) is 0 Å². The summed E-state index contributed by atoms with van der Waals surface area (Å²) in [7, 11) is 0. The van der Waals surface area contributed by atoms with Crippen molar-refractivity contribution in [2.45, 2.75) is 32.0 Å². The van der Waals surface area contributed by atoms with Crippen molar-refractivity contribution in [1.29, 1.82) is 0 Å². The van der Waals surface area contributed by atoms with Gasteiger partial charge in [0.15, 0.2) is 0 Å². The van der Waals surface area contributed by atoms with Gasteiger partial charge in [0, 0.05) is 16.1 Å². The molecule has 21 heavy (non-hydrogen) atoms. The van der Waals surface area contributed by atoms with E-state index in [-0.39, 0.29) is 12.1 Å². The van der Waals surface area contributed by atoms with Crippen LogP contribution in [0.3, 0.4) is 0 Å². The lowest BCUT2D eigenvalue weighted by Crippen LogP contribution is -2.32. The van der Waals surface area contributed by atoms with Crippen LogP contribution in [-0.2, 0) is 0 Å². The number of hydrogen-bond acceptors (Lipinski definition) is 2. The second-order valence-corrected chi connectivity index (χ2v) is 6.22. The molecule has 2 N–H and O–H groups in total. The highest BCUT2D eigenvalue weighted by molar-refractivity contribution is 6.30. The Morgan fingerprint density at radius 1 is 0.905 bits per heavy atom. The van der Waals surface area contributed by atoms with Crippen molar-refractivity contribution in [2.24, 2.45) is 0 Å². The van der Waals surface area contributed by atoms with E-state index in [0.717, 1.165) is 11.1 Å². The van der Waals surface area contributed by atoms with Crippen molar-refractivity contribution in [2.75, 3.05) is 0 Å². The van der Waals surface area contributed by atoms with Gasteiger partial charge in [0.25, 0.3) is 0 Å². The minimum Gasteiger partial charge on any atom is -0.386 e. The lowest BCUT2D eigenvalue weighted by molar-refractivity contribution is 0.124. The van der Waals surface area contributed by atoms with E-state index < -0.39 is 6.10 Å². The molecule has 0 radical (unpaired) electrons. The molecule has 0 heterocycles. The van der Waals surface area contributed by atoms with Gasteiger partial charge in [-0.05, 0) is 35.4 Å². The van der Waals surface area contributed by atoms with Crippen LogP contribution in [0, 0.1) is 0 Å². The van der Waals surface area contributed by atoms with E-state index in [1.54, 1.807) is 12.1 Å². The lowest BCUT2D eigenvalue weighted by atomic mass is 9.95. The molecule has 0 saturated carbocycles. The van der Waals surface area contributed by atoms with Crippen molar-refractivity contribution in [3.05, 3.63) is 69.7 Å². The van der Waals surface area contributed by atoms with Crippen LogP contribution in [-0.4, -0.2) is 11.1 Å². The number of rotatable bonds is 5. The van der Waals surface area contributed by atoms with Crippen LogP contribution in [0.1, 0.15) is 37.1 Å². The molecule has 0 aliphatic rings. The maximum atomic E-state index is 10.7. The highest BCUT2D eigenvalue weighted by Crippen LogP contribution is 2.31. The Kier molecular flexibility index (Phi) is 5.65. The van der Waals surface area contributed by atoms with E-state index >= 15 is 0 Å². The molecule has 0 aliphatic carbocycles. The number of halogens is 2. The summed E-state index contributed by atoms with van der Waals surface area (Å²) in [6.07, 6.45) is -0.688. The van der Waals surface area contributed by atoms with E-state index in [1.165, 1.54) is 0 Å². The Bertz CT molecular complexity index is 584. The summed E-state index contributed by atoms with van der Waals surface area (Å²) in [5.41, 5.74) is 1.77. The third-order valence-electron chi connectivity index (χ3n) is 3.25. The molecule has 112 valence electrons. The summed E-state index contributed by atoms with van der Waals surface area (Å²) in [5, 5.41) is 15.4. The predicted molar refractivity (Wildman–Crippen MR) is 88.9 cm³/mol. The normalized spacial score (nSPS) is 14.2. The highest BCUT2D eigenvalue weighted by Gasteiger charge is 2.23. The van der Waals surface area contributed by atoms with Crippen molar-refractivity contribution in [3.8, 4) is 0 Å². The summed E-state index contributed by atoms with van der Waals surface area (Å²) in [6, 6.07) is 14.8. The van der Waals surface area contributed by atoms with Gasteiger partial charge >= 0.3 is 0 Å². The maximum absolute atomic E-state index is 10.7. The van der Waals surface area contributed by atoms with Crippen LogP contribution in [0.25, 0.3) is 0 Å². The van der Waals surface area contributed by atoms with Crippen molar-refractivity contribution in [3.63, 3.8) is 0 Å². The van der Waals surface area contributed by atoms with Crippen LogP contribution in [0.5, 0.6) is 0 Å². The first-order valence-electron chi connectivity index (χ1n) is 6.92. The Hall–Kier alpha value is -1.06. The van der Waals surface area contributed by atoms with Gasteiger partial charge in [-0.2, -0.15) is 0 Å². The summed E-state index contributed by atoms with van der Waals surface area (Å²) in [4.78, 5) is 0. The topological polar surface area (TPSA) is 32.3 Å². The maximum Gasteiger partial charge on any atom is 0.0985 e. The molecule has 0 aromatic heterocycles. The van der Waals surface area contributed by atoms with E-state index in [9.17, 15) is 5.11 Å². The largest absolute Gasteiger partial charge is 0.386 e. The standard InChI is InChI=1S/C17H19Cl2NO/c1-11(2)20-16(12-6-8-14(18)9-7-12)17(21)13-4-3-5-15(19)10-13/h3-11,16-17,20-21H,1-2H3. The van der Waals surface area contributed by atoms with E-state index in [2.05, 4.69) is 5.32 Å². The highest BCUT2D eigenvalue weighted by atomic mass is 35.5. The van der Waals surface area contributed by atoms with Gasteiger partial charge in [-0.1, -0.05) is 61.3 Å². The van der Waals surface area contributed by atoms with Gasteiger partial charge in [-0.25, -0.2) is 0 Å². The van der Waals surface area contributed by atoms with E-state index in [0.29, 0.717) is 10.0 Å². The summed E-state index contributed by atoms with van der Waals surface area (Å²) in [6.45, 7) is 4.10. The molecule has 2 unspecified atom stereocenters. The molecule has 2 atom stereocenters. The van der Waals surface area contributed by atoms with Gasteiger partial charge in [-0.15, -0.1) is 0 Å². The molecular formula is C17H19Cl2NO. The van der Waals surface area contributed by atoms with Crippen molar-refractivity contribution >= 4 is 23.2 Å².